The molecule has 0 amide bonds. The molecule has 1 heterocycles. The van der Waals surface area contributed by atoms with Gasteiger partial charge in [-0.2, -0.15) is 0 Å². The highest BCUT2D eigenvalue weighted by Gasteiger charge is 2.43. The van der Waals surface area contributed by atoms with Crippen LogP contribution in [0.2, 0.25) is 0 Å². The van der Waals surface area contributed by atoms with Crippen molar-refractivity contribution in [2.24, 2.45) is 0 Å². The van der Waals surface area contributed by atoms with Crippen molar-refractivity contribution < 1.29 is 29.9 Å². The number of aliphatic hydroxyl groups excluding tert-OH is 4. The molecule has 0 radical (unpaired) electrons. The Bertz CT molecular complexity index is 452. The fourth-order valence-corrected chi connectivity index (χ4v) is 3.46. The van der Waals surface area contributed by atoms with Gasteiger partial charge in [-0.1, -0.05) is 12.1 Å². The average molecular weight is 330 g/mol. The van der Waals surface area contributed by atoms with E-state index in [0.29, 0.717) is 5.75 Å². The maximum atomic E-state index is 9.93. The van der Waals surface area contributed by atoms with E-state index in [1.54, 1.807) is 7.11 Å². The normalized spacial score (nSPS) is 32.0. The zero-order valence-electron chi connectivity index (χ0n) is 12.3. The lowest BCUT2D eigenvalue weighted by Gasteiger charge is -2.39. The Hall–Kier alpha value is -0.830. The predicted molar refractivity (Wildman–Crippen MR) is 82.9 cm³/mol. The van der Waals surface area contributed by atoms with E-state index in [0.717, 1.165) is 17.7 Å². The Morgan fingerprint density at radius 3 is 2.36 bits per heavy atom. The maximum absolute atomic E-state index is 9.93. The Morgan fingerprint density at radius 2 is 1.77 bits per heavy atom. The monoisotopic (exact) mass is 330 g/mol. The summed E-state index contributed by atoms with van der Waals surface area (Å²) in [4.78, 5) is 0. The summed E-state index contributed by atoms with van der Waals surface area (Å²) in [6.45, 7) is -0.402. The number of thioether (sulfide) groups is 1. The number of aliphatic hydroxyl groups is 4. The lowest BCUT2D eigenvalue weighted by molar-refractivity contribution is -0.205. The molecule has 1 aromatic carbocycles. The van der Waals surface area contributed by atoms with Gasteiger partial charge in [0, 0.05) is 0 Å². The number of hydrogen-bond acceptors (Lipinski definition) is 7. The van der Waals surface area contributed by atoms with Crippen LogP contribution in [0, 0.1) is 0 Å². The molecule has 0 bridgehead atoms. The van der Waals surface area contributed by atoms with Crippen LogP contribution in [0.5, 0.6) is 5.75 Å². The van der Waals surface area contributed by atoms with Gasteiger partial charge in [0.1, 0.15) is 35.6 Å². The van der Waals surface area contributed by atoms with E-state index in [9.17, 15) is 15.3 Å². The fourth-order valence-electron chi connectivity index (χ4n) is 2.29. The molecule has 22 heavy (non-hydrogen) atoms. The second-order valence-corrected chi connectivity index (χ2v) is 6.37. The third-order valence-electron chi connectivity index (χ3n) is 3.68. The minimum Gasteiger partial charge on any atom is -0.497 e. The van der Waals surface area contributed by atoms with E-state index < -0.39 is 36.5 Å². The molecule has 4 N–H and O–H groups in total. The van der Waals surface area contributed by atoms with Crippen molar-refractivity contribution >= 4 is 11.8 Å². The number of benzene rings is 1. The Morgan fingerprint density at radius 1 is 1.09 bits per heavy atom. The first-order valence-electron chi connectivity index (χ1n) is 7.12. The Kier molecular flexibility index (Phi) is 6.49. The summed E-state index contributed by atoms with van der Waals surface area (Å²) >= 11 is 1.35. The van der Waals surface area contributed by atoms with Gasteiger partial charge in [0.2, 0.25) is 0 Å². The predicted octanol–water partition coefficient (Wildman–Crippen LogP) is -0.229. The summed E-state index contributed by atoms with van der Waals surface area (Å²) in [7, 11) is 1.62. The molecule has 1 aliphatic rings. The Balaban J connectivity index is 1.84. The van der Waals surface area contributed by atoms with Gasteiger partial charge in [0.25, 0.3) is 0 Å². The Labute approximate surface area is 133 Å². The molecule has 124 valence electrons. The number of ether oxygens (including phenoxy) is 2. The van der Waals surface area contributed by atoms with Crippen molar-refractivity contribution in [2.45, 2.75) is 36.3 Å². The van der Waals surface area contributed by atoms with Crippen LogP contribution in [0.4, 0.5) is 0 Å². The molecule has 0 aromatic heterocycles. The third kappa shape index (κ3) is 4.13. The highest BCUT2D eigenvalue weighted by atomic mass is 32.2. The fraction of sp³-hybridized carbons (Fsp3) is 0.600. The quantitative estimate of drug-likeness (QED) is 0.572. The molecule has 1 fully saturated rings. The van der Waals surface area contributed by atoms with E-state index in [4.69, 9.17) is 14.6 Å². The first-order valence-corrected chi connectivity index (χ1v) is 8.16. The van der Waals surface area contributed by atoms with Crippen molar-refractivity contribution in [2.75, 3.05) is 19.5 Å². The van der Waals surface area contributed by atoms with E-state index in [-0.39, 0.29) is 0 Å². The molecule has 2 rings (SSSR count). The molecule has 0 spiro atoms. The van der Waals surface area contributed by atoms with Crippen LogP contribution in [-0.2, 0) is 11.2 Å². The lowest BCUT2D eigenvalue weighted by atomic mass is 10.0. The molecule has 1 saturated heterocycles. The standard InChI is InChI=1S/C15H22O6S/c1-20-10-4-2-9(3-5-10)6-7-22-15-14(19)13(18)12(17)11(8-16)21-15/h2-5,11-19H,6-8H2,1H3/t11-,12-,13+,14-,15+/m1/s1. The highest BCUT2D eigenvalue weighted by molar-refractivity contribution is 7.99. The van der Waals surface area contributed by atoms with Gasteiger partial charge in [0.05, 0.1) is 13.7 Å². The molecule has 6 nitrogen and oxygen atoms in total. The van der Waals surface area contributed by atoms with E-state index in [2.05, 4.69) is 0 Å². The highest BCUT2D eigenvalue weighted by Crippen LogP contribution is 2.29. The lowest BCUT2D eigenvalue weighted by Crippen LogP contribution is -2.57. The number of aryl methyl sites for hydroxylation is 1. The van der Waals surface area contributed by atoms with Crippen molar-refractivity contribution in [1.29, 1.82) is 0 Å². The van der Waals surface area contributed by atoms with E-state index >= 15 is 0 Å². The molecule has 0 aliphatic carbocycles. The third-order valence-corrected chi connectivity index (χ3v) is 4.84. The second kappa shape index (κ2) is 8.14. The minimum atomic E-state index is -1.32. The first-order chi connectivity index (χ1) is 10.6. The number of hydrogen-bond donors (Lipinski definition) is 4. The molecule has 5 atom stereocenters. The van der Waals surface area contributed by atoms with Crippen LogP contribution in [-0.4, -0.2) is 69.7 Å². The van der Waals surface area contributed by atoms with Gasteiger partial charge >= 0.3 is 0 Å². The zero-order chi connectivity index (χ0) is 16.1. The van der Waals surface area contributed by atoms with Gasteiger partial charge in [-0.05, 0) is 29.9 Å². The van der Waals surface area contributed by atoms with Crippen LogP contribution in [0.1, 0.15) is 5.56 Å². The topological polar surface area (TPSA) is 99.4 Å². The van der Waals surface area contributed by atoms with E-state index in [1.807, 2.05) is 24.3 Å². The van der Waals surface area contributed by atoms with Gasteiger partial charge in [-0.15, -0.1) is 11.8 Å². The molecular weight excluding hydrogens is 308 g/mol. The SMILES string of the molecule is COc1ccc(CCS[C@@H]2O[C@H](CO)[C@@H](O)[C@H](O)[C@H]2O)cc1. The van der Waals surface area contributed by atoms with Crippen molar-refractivity contribution in [3.05, 3.63) is 29.8 Å². The van der Waals surface area contributed by atoms with Crippen LogP contribution >= 0.6 is 11.8 Å². The summed E-state index contributed by atoms with van der Waals surface area (Å²) in [6, 6.07) is 7.70. The van der Waals surface area contributed by atoms with Gasteiger partial charge in [-0.25, -0.2) is 0 Å². The summed E-state index contributed by atoms with van der Waals surface area (Å²) in [5.74, 6) is 1.47. The van der Waals surface area contributed by atoms with Crippen LogP contribution in [0.3, 0.4) is 0 Å². The second-order valence-electron chi connectivity index (χ2n) is 5.17. The average Bonchev–Trinajstić information content (AvgIpc) is 2.55. The van der Waals surface area contributed by atoms with Crippen LogP contribution < -0.4 is 4.74 Å². The van der Waals surface area contributed by atoms with Crippen molar-refractivity contribution in [1.82, 2.24) is 0 Å². The van der Waals surface area contributed by atoms with Crippen LogP contribution in [0.25, 0.3) is 0 Å². The summed E-state index contributed by atoms with van der Waals surface area (Å²) in [6.07, 6.45) is -3.89. The molecule has 1 aromatic rings. The van der Waals surface area contributed by atoms with Crippen molar-refractivity contribution in [3.63, 3.8) is 0 Å². The van der Waals surface area contributed by atoms with Gasteiger partial charge in [-0.3, -0.25) is 0 Å². The smallest absolute Gasteiger partial charge is 0.132 e. The maximum Gasteiger partial charge on any atom is 0.132 e. The van der Waals surface area contributed by atoms with Gasteiger partial charge < -0.3 is 29.9 Å². The zero-order valence-corrected chi connectivity index (χ0v) is 13.1. The summed E-state index contributed by atoms with van der Waals surface area (Å²) < 4.78 is 10.5. The summed E-state index contributed by atoms with van der Waals surface area (Å²) in [5.41, 5.74) is 0.451. The van der Waals surface area contributed by atoms with Crippen LogP contribution in [0.15, 0.2) is 24.3 Å². The molecule has 7 heteroatoms. The number of rotatable bonds is 6. The molecule has 1 aliphatic heterocycles. The molecule has 0 unspecified atom stereocenters. The molecule has 0 saturated carbocycles. The number of methoxy groups -OCH3 is 1. The molecular formula is C15H22O6S. The van der Waals surface area contributed by atoms with Crippen molar-refractivity contribution in [3.8, 4) is 5.75 Å². The largest absolute Gasteiger partial charge is 0.497 e. The summed E-state index contributed by atoms with van der Waals surface area (Å²) in [5, 5.41) is 38.5. The first kappa shape index (κ1) is 17.5. The van der Waals surface area contributed by atoms with Gasteiger partial charge in [0.15, 0.2) is 0 Å². The van der Waals surface area contributed by atoms with E-state index in [1.165, 1.54) is 11.8 Å². The minimum absolute atomic E-state index is 0.402.